The second-order valence-electron chi connectivity index (χ2n) is 5.31. The van der Waals surface area contributed by atoms with Crippen LogP contribution < -0.4 is 10.6 Å². The molecule has 0 radical (unpaired) electrons. The Bertz CT molecular complexity index is 780. The molecule has 0 aliphatic carbocycles. The lowest BCUT2D eigenvalue weighted by Gasteiger charge is -2.08. The molecule has 2 aromatic rings. The van der Waals surface area contributed by atoms with Gasteiger partial charge in [-0.25, -0.2) is 18.6 Å². The number of anilines is 1. The third-order valence-corrected chi connectivity index (χ3v) is 4.30. The Hall–Kier alpha value is -2.04. The molecule has 0 bridgehead atoms. The fraction of sp³-hybridized carbons (Fsp3) is 0.357. The zero-order valence-corrected chi connectivity index (χ0v) is 14.6. The van der Waals surface area contributed by atoms with E-state index in [1.165, 1.54) is 18.4 Å². The maximum absolute atomic E-state index is 13.1. The highest BCUT2D eigenvalue weighted by Crippen LogP contribution is 2.28. The molecule has 3 N–H and O–H groups in total. The molecule has 0 saturated carbocycles. The van der Waals surface area contributed by atoms with Crippen LogP contribution in [0.1, 0.15) is 16.9 Å². The molecule has 1 atom stereocenters. The van der Waals surface area contributed by atoms with E-state index < -0.39 is 36.8 Å². The molecule has 7 nitrogen and oxygen atoms in total. The first kappa shape index (κ1) is 19.3. The van der Waals surface area contributed by atoms with Gasteiger partial charge in [-0.05, 0) is 6.07 Å². The lowest BCUT2D eigenvalue weighted by atomic mass is 10.2. The quantitative estimate of drug-likeness (QED) is 0.694. The van der Waals surface area contributed by atoms with Crippen molar-refractivity contribution in [3.05, 3.63) is 23.3 Å². The Morgan fingerprint density at radius 3 is 2.88 bits per heavy atom. The van der Waals surface area contributed by atoms with Crippen molar-refractivity contribution in [3.8, 4) is 11.3 Å². The molecule has 3 rings (SSSR count). The molecule has 2 aromatic heterocycles. The van der Waals surface area contributed by atoms with Gasteiger partial charge in [0.15, 0.2) is 5.13 Å². The predicted molar refractivity (Wildman–Crippen MR) is 90.5 cm³/mol. The number of hydrogen-bond acceptors (Lipinski definition) is 6. The molecule has 0 spiro atoms. The van der Waals surface area contributed by atoms with E-state index in [1.807, 2.05) is 0 Å². The maximum Gasteiger partial charge on any atom is 0.354 e. The molecule has 136 valence electrons. The van der Waals surface area contributed by atoms with Crippen LogP contribution in [0.4, 0.5) is 13.9 Å². The van der Waals surface area contributed by atoms with Crippen molar-refractivity contribution in [2.24, 2.45) is 0 Å². The summed E-state index contributed by atoms with van der Waals surface area (Å²) in [5, 5.41) is 7.00. The van der Waals surface area contributed by atoms with Gasteiger partial charge in [0.05, 0.1) is 25.4 Å². The SMILES string of the molecule is COC(=O)c1cc(-c2csc(NC(=O)C3CC(F)(F)CN3)n2)c[nH]1.Cl. The van der Waals surface area contributed by atoms with Crippen LogP contribution in [-0.4, -0.2) is 47.5 Å². The number of ether oxygens (including phenoxy) is 1. The van der Waals surface area contributed by atoms with Crippen molar-refractivity contribution >= 4 is 40.8 Å². The van der Waals surface area contributed by atoms with Gasteiger partial charge in [0, 0.05) is 23.6 Å². The van der Waals surface area contributed by atoms with Crippen molar-refractivity contribution in [3.63, 3.8) is 0 Å². The Kier molecular flexibility index (Phi) is 5.76. The number of nitrogens with zero attached hydrogens (tertiary/aromatic N) is 1. The number of aromatic amines is 1. The third-order valence-electron chi connectivity index (χ3n) is 3.54. The number of methoxy groups -OCH3 is 1. The van der Waals surface area contributed by atoms with E-state index in [0.29, 0.717) is 16.4 Å². The third kappa shape index (κ3) is 4.33. The Morgan fingerprint density at radius 1 is 1.48 bits per heavy atom. The molecule has 0 aromatic carbocycles. The number of amides is 1. The van der Waals surface area contributed by atoms with Crippen LogP contribution in [0.5, 0.6) is 0 Å². The topological polar surface area (TPSA) is 96.1 Å². The molecule has 1 saturated heterocycles. The molecule has 25 heavy (non-hydrogen) atoms. The first-order chi connectivity index (χ1) is 11.4. The van der Waals surface area contributed by atoms with E-state index in [-0.39, 0.29) is 18.1 Å². The summed E-state index contributed by atoms with van der Waals surface area (Å²) in [7, 11) is 1.28. The summed E-state index contributed by atoms with van der Waals surface area (Å²) in [5.41, 5.74) is 1.48. The zero-order chi connectivity index (χ0) is 17.3. The average molecular weight is 393 g/mol. The van der Waals surface area contributed by atoms with Gasteiger partial charge in [0.25, 0.3) is 5.92 Å². The van der Waals surface area contributed by atoms with Crippen molar-refractivity contribution in [1.29, 1.82) is 0 Å². The van der Waals surface area contributed by atoms with Crippen molar-refractivity contribution in [2.75, 3.05) is 19.0 Å². The predicted octanol–water partition coefficient (Wildman–Crippen LogP) is 2.28. The molecule has 1 unspecified atom stereocenters. The second-order valence-corrected chi connectivity index (χ2v) is 6.17. The van der Waals surface area contributed by atoms with Gasteiger partial charge in [-0.1, -0.05) is 0 Å². The number of H-pyrrole nitrogens is 1. The zero-order valence-electron chi connectivity index (χ0n) is 13.0. The van der Waals surface area contributed by atoms with Crippen LogP contribution in [0.3, 0.4) is 0 Å². The lowest BCUT2D eigenvalue weighted by molar-refractivity contribution is -0.118. The minimum atomic E-state index is -2.87. The minimum Gasteiger partial charge on any atom is -0.464 e. The molecule has 1 aliphatic heterocycles. The number of carbonyl (C=O) groups excluding carboxylic acids is 2. The van der Waals surface area contributed by atoms with E-state index in [2.05, 4.69) is 25.3 Å². The van der Waals surface area contributed by atoms with Crippen LogP contribution >= 0.6 is 23.7 Å². The molecule has 11 heteroatoms. The van der Waals surface area contributed by atoms with Gasteiger partial charge < -0.3 is 15.0 Å². The van der Waals surface area contributed by atoms with Gasteiger partial charge in [-0.3, -0.25) is 10.1 Å². The summed E-state index contributed by atoms with van der Waals surface area (Å²) in [6.45, 7) is -0.506. The van der Waals surface area contributed by atoms with E-state index >= 15 is 0 Å². The summed E-state index contributed by atoms with van der Waals surface area (Å²) >= 11 is 1.17. The number of esters is 1. The Morgan fingerprint density at radius 2 is 2.24 bits per heavy atom. The van der Waals surface area contributed by atoms with E-state index in [9.17, 15) is 18.4 Å². The fourth-order valence-electron chi connectivity index (χ4n) is 2.33. The van der Waals surface area contributed by atoms with E-state index in [4.69, 9.17) is 0 Å². The Balaban J connectivity index is 0.00000225. The average Bonchev–Trinajstić information content (AvgIpc) is 3.25. The van der Waals surface area contributed by atoms with Gasteiger partial charge in [-0.15, -0.1) is 23.7 Å². The molecule has 3 heterocycles. The molecular formula is C14H15ClF2N4O3S. The molecular weight excluding hydrogens is 378 g/mol. The van der Waals surface area contributed by atoms with Crippen LogP contribution in [0.15, 0.2) is 17.6 Å². The fourth-order valence-corrected chi connectivity index (χ4v) is 3.05. The molecule has 1 aliphatic rings. The van der Waals surface area contributed by atoms with Crippen molar-refractivity contribution in [2.45, 2.75) is 18.4 Å². The number of rotatable bonds is 4. The number of alkyl halides is 2. The number of carbonyl (C=O) groups is 2. The van der Waals surface area contributed by atoms with Crippen molar-refractivity contribution in [1.82, 2.24) is 15.3 Å². The van der Waals surface area contributed by atoms with E-state index in [1.54, 1.807) is 17.6 Å². The normalized spacial score (nSPS) is 18.4. The van der Waals surface area contributed by atoms with Gasteiger partial charge in [-0.2, -0.15) is 0 Å². The lowest BCUT2D eigenvalue weighted by Crippen LogP contribution is -2.35. The monoisotopic (exact) mass is 392 g/mol. The summed E-state index contributed by atoms with van der Waals surface area (Å²) in [5.74, 6) is -3.92. The smallest absolute Gasteiger partial charge is 0.354 e. The standard InChI is InChI=1S/C14H14F2N4O3S.ClH/c1-23-12(22)8-2-7(4-17-8)10-5-24-13(19-10)20-11(21)9-3-14(15,16)6-18-9;/h2,4-5,9,17-18H,3,6H2,1H3,(H,19,20,21);1H. The number of halogens is 3. The van der Waals surface area contributed by atoms with Crippen LogP contribution in [0, 0.1) is 0 Å². The Labute approximate surface area is 151 Å². The van der Waals surface area contributed by atoms with Crippen molar-refractivity contribution < 1.29 is 23.1 Å². The number of nitrogens with one attached hydrogen (secondary N) is 3. The van der Waals surface area contributed by atoms with Crippen LogP contribution in [0.25, 0.3) is 11.3 Å². The molecule has 1 fully saturated rings. The number of hydrogen-bond donors (Lipinski definition) is 3. The van der Waals surface area contributed by atoms with Gasteiger partial charge >= 0.3 is 5.97 Å². The first-order valence-electron chi connectivity index (χ1n) is 7.03. The van der Waals surface area contributed by atoms with Gasteiger partial charge in [0.1, 0.15) is 5.69 Å². The summed E-state index contributed by atoms with van der Waals surface area (Å²) in [6.07, 6.45) is 1.06. The summed E-state index contributed by atoms with van der Waals surface area (Å²) in [6, 6.07) is 0.636. The number of aromatic nitrogens is 2. The first-order valence-corrected chi connectivity index (χ1v) is 7.90. The summed E-state index contributed by atoms with van der Waals surface area (Å²) < 4.78 is 30.8. The minimum absolute atomic E-state index is 0. The highest BCUT2D eigenvalue weighted by Gasteiger charge is 2.42. The highest BCUT2D eigenvalue weighted by molar-refractivity contribution is 7.14. The van der Waals surface area contributed by atoms with Crippen LogP contribution in [-0.2, 0) is 9.53 Å². The summed E-state index contributed by atoms with van der Waals surface area (Å²) in [4.78, 5) is 30.4. The number of thiazole rings is 1. The molecule has 1 amide bonds. The largest absolute Gasteiger partial charge is 0.464 e. The van der Waals surface area contributed by atoms with Gasteiger partial charge in [0.2, 0.25) is 5.91 Å². The van der Waals surface area contributed by atoms with E-state index in [0.717, 1.165) is 0 Å². The van der Waals surface area contributed by atoms with Crippen LogP contribution in [0.2, 0.25) is 0 Å². The highest BCUT2D eigenvalue weighted by atomic mass is 35.5. The second kappa shape index (κ2) is 7.46. The maximum atomic E-state index is 13.1.